The van der Waals surface area contributed by atoms with Gasteiger partial charge in [-0.15, -0.1) is 0 Å². The van der Waals surface area contributed by atoms with Gasteiger partial charge in [0.05, 0.1) is 6.04 Å². The zero-order valence-corrected chi connectivity index (χ0v) is 12.3. The van der Waals surface area contributed by atoms with Gasteiger partial charge in [-0.2, -0.15) is 0 Å². The van der Waals surface area contributed by atoms with Crippen molar-refractivity contribution in [3.05, 3.63) is 0 Å². The Hall–Kier alpha value is -1.47. The normalized spacial score (nSPS) is 10.9. The Bertz CT molecular complexity index is 240. The number of nitrogens with one attached hydrogen (secondary N) is 3. The quantitative estimate of drug-likeness (QED) is 0.276. The van der Waals surface area contributed by atoms with E-state index in [9.17, 15) is 9.59 Å². The van der Waals surface area contributed by atoms with Gasteiger partial charge in [0.15, 0.2) is 0 Å². The summed E-state index contributed by atoms with van der Waals surface area (Å²) in [5.74, 6) is 0.0397. The fraction of sp³-hybridized carbons (Fsp3) is 0.769. The van der Waals surface area contributed by atoms with Gasteiger partial charge in [-0.05, 0) is 45.7 Å². The number of hydrogen-bond donors (Lipinski definition) is 4. The van der Waals surface area contributed by atoms with E-state index in [2.05, 4.69) is 16.0 Å². The maximum absolute atomic E-state index is 11.8. The highest BCUT2D eigenvalue weighted by atomic mass is 16.2. The van der Waals surface area contributed by atoms with Crippen molar-refractivity contribution in [1.82, 2.24) is 16.0 Å². The van der Waals surface area contributed by atoms with Crippen LogP contribution in [0.5, 0.6) is 0 Å². The fourth-order valence-corrected chi connectivity index (χ4v) is 1.65. The lowest BCUT2D eigenvalue weighted by Crippen LogP contribution is -2.43. The molecule has 0 aliphatic carbocycles. The molecule has 5 N–H and O–H groups in total. The van der Waals surface area contributed by atoms with Crippen molar-refractivity contribution >= 4 is 19.1 Å². The molecule has 0 heterocycles. The van der Waals surface area contributed by atoms with Gasteiger partial charge < -0.3 is 26.5 Å². The third-order valence-electron chi connectivity index (χ3n) is 2.74. The van der Waals surface area contributed by atoms with E-state index in [1.165, 1.54) is 0 Å². The number of likely N-dealkylation sites (N-methyl/N-ethyl adjacent to an activating group) is 1. The zero-order chi connectivity index (χ0) is 15.6. The molecule has 0 bridgehead atoms. The number of unbranched alkanes of at least 4 members (excludes halogenated alkanes) is 2. The van der Waals surface area contributed by atoms with E-state index in [1.54, 1.807) is 7.05 Å². The fourth-order valence-electron chi connectivity index (χ4n) is 1.65. The van der Waals surface area contributed by atoms with Gasteiger partial charge in [0.1, 0.15) is 6.79 Å². The standard InChI is InChI=1S/C12H26N4O2.CH2O/c1-14-11(6-2-4-8-15-10-17)12(18)16-9-5-3-7-13;1-2/h10-11,14H,2-9,13H2,1H3,(H,15,17)(H,16,18);1H2. The van der Waals surface area contributed by atoms with Gasteiger partial charge in [0, 0.05) is 13.1 Å². The van der Waals surface area contributed by atoms with Gasteiger partial charge in [-0.3, -0.25) is 9.59 Å². The van der Waals surface area contributed by atoms with Crippen molar-refractivity contribution in [2.75, 3.05) is 26.7 Å². The summed E-state index contributed by atoms with van der Waals surface area (Å²) in [4.78, 5) is 29.8. The molecule has 0 saturated heterocycles. The Labute approximate surface area is 121 Å². The van der Waals surface area contributed by atoms with Crippen molar-refractivity contribution in [2.45, 2.75) is 38.1 Å². The van der Waals surface area contributed by atoms with E-state index in [0.717, 1.165) is 32.1 Å². The van der Waals surface area contributed by atoms with Gasteiger partial charge in [-0.1, -0.05) is 0 Å². The van der Waals surface area contributed by atoms with Crippen LogP contribution in [0.25, 0.3) is 0 Å². The molecule has 2 amide bonds. The second kappa shape index (κ2) is 17.5. The van der Waals surface area contributed by atoms with Gasteiger partial charge >= 0.3 is 0 Å². The van der Waals surface area contributed by atoms with Gasteiger partial charge in [-0.25, -0.2) is 0 Å². The number of nitrogens with two attached hydrogens (primary N) is 1. The molecule has 1 atom stereocenters. The predicted octanol–water partition coefficient (Wildman–Crippen LogP) is -0.839. The predicted molar refractivity (Wildman–Crippen MR) is 79.2 cm³/mol. The zero-order valence-electron chi connectivity index (χ0n) is 12.3. The molecule has 0 aromatic carbocycles. The largest absolute Gasteiger partial charge is 0.359 e. The maximum atomic E-state index is 11.8. The summed E-state index contributed by atoms with van der Waals surface area (Å²) in [5.41, 5.74) is 5.38. The Morgan fingerprint density at radius 3 is 2.40 bits per heavy atom. The molecule has 0 radical (unpaired) electrons. The molecule has 118 valence electrons. The van der Waals surface area contributed by atoms with Crippen LogP contribution in [0.15, 0.2) is 0 Å². The average Bonchev–Trinajstić information content (AvgIpc) is 2.49. The first kappa shape index (κ1) is 20.8. The van der Waals surface area contributed by atoms with Crippen LogP contribution in [0, 0.1) is 0 Å². The lowest BCUT2D eigenvalue weighted by molar-refractivity contribution is -0.123. The Morgan fingerprint density at radius 2 is 1.85 bits per heavy atom. The van der Waals surface area contributed by atoms with Crippen molar-refractivity contribution in [3.63, 3.8) is 0 Å². The molecule has 0 spiro atoms. The molecule has 0 aromatic heterocycles. The number of rotatable bonds is 12. The molecule has 0 saturated carbocycles. The van der Waals surface area contributed by atoms with E-state index in [0.29, 0.717) is 26.0 Å². The molecular weight excluding hydrogens is 260 g/mol. The van der Waals surface area contributed by atoms with Crippen LogP contribution < -0.4 is 21.7 Å². The summed E-state index contributed by atoms with van der Waals surface area (Å²) in [6.45, 7) is 4.01. The van der Waals surface area contributed by atoms with E-state index < -0.39 is 0 Å². The van der Waals surface area contributed by atoms with Gasteiger partial charge in [0.25, 0.3) is 0 Å². The number of carbonyl (C=O) groups excluding carboxylic acids is 3. The lowest BCUT2D eigenvalue weighted by atomic mass is 10.1. The first-order chi connectivity index (χ1) is 9.76. The Balaban J connectivity index is 0. The number of hydrogen-bond acceptors (Lipinski definition) is 5. The summed E-state index contributed by atoms with van der Waals surface area (Å²) in [7, 11) is 1.79. The van der Waals surface area contributed by atoms with E-state index in [4.69, 9.17) is 10.5 Å². The van der Waals surface area contributed by atoms with E-state index >= 15 is 0 Å². The lowest BCUT2D eigenvalue weighted by Gasteiger charge is -2.15. The summed E-state index contributed by atoms with van der Waals surface area (Å²) in [6.07, 6.45) is 5.11. The number of amides is 2. The minimum Gasteiger partial charge on any atom is -0.359 e. The van der Waals surface area contributed by atoms with Crippen LogP contribution in [0.4, 0.5) is 0 Å². The molecule has 0 aliphatic rings. The summed E-state index contributed by atoms with van der Waals surface area (Å²) < 4.78 is 0. The summed E-state index contributed by atoms with van der Waals surface area (Å²) >= 11 is 0. The average molecular weight is 288 g/mol. The molecule has 0 aliphatic heterocycles. The highest BCUT2D eigenvalue weighted by Gasteiger charge is 2.14. The van der Waals surface area contributed by atoms with E-state index in [1.807, 2.05) is 6.79 Å². The van der Waals surface area contributed by atoms with Crippen LogP contribution >= 0.6 is 0 Å². The highest BCUT2D eigenvalue weighted by Crippen LogP contribution is 2.00. The van der Waals surface area contributed by atoms with Crippen LogP contribution in [-0.4, -0.2) is 51.8 Å². The molecule has 0 rings (SSSR count). The van der Waals surface area contributed by atoms with Gasteiger partial charge in [0.2, 0.25) is 12.3 Å². The Morgan fingerprint density at radius 1 is 1.20 bits per heavy atom. The topological polar surface area (TPSA) is 113 Å². The molecule has 7 heteroatoms. The van der Waals surface area contributed by atoms with Crippen LogP contribution in [0.3, 0.4) is 0 Å². The van der Waals surface area contributed by atoms with Crippen molar-refractivity contribution in [1.29, 1.82) is 0 Å². The Kier molecular flexibility index (Phi) is 18.3. The molecule has 7 nitrogen and oxygen atoms in total. The maximum Gasteiger partial charge on any atom is 0.237 e. The van der Waals surface area contributed by atoms with Crippen molar-refractivity contribution in [2.24, 2.45) is 5.73 Å². The van der Waals surface area contributed by atoms with Crippen molar-refractivity contribution in [3.8, 4) is 0 Å². The SMILES string of the molecule is C=O.CNC(CCCCNC=O)C(=O)NCCCCN. The summed E-state index contributed by atoms with van der Waals surface area (Å²) in [6, 6.07) is -0.154. The molecule has 20 heavy (non-hydrogen) atoms. The second-order valence-electron chi connectivity index (χ2n) is 4.20. The monoisotopic (exact) mass is 288 g/mol. The third-order valence-corrected chi connectivity index (χ3v) is 2.74. The molecule has 0 aromatic rings. The summed E-state index contributed by atoms with van der Waals surface area (Å²) in [5, 5.41) is 8.50. The number of carbonyl (C=O) groups is 3. The van der Waals surface area contributed by atoms with Crippen LogP contribution in [0.1, 0.15) is 32.1 Å². The molecule has 0 fully saturated rings. The highest BCUT2D eigenvalue weighted by molar-refractivity contribution is 5.81. The van der Waals surface area contributed by atoms with Crippen LogP contribution in [0.2, 0.25) is 0 Å². The second-order valence-corrected chi connectivity index (χ2v) is 4.20. The van der Waals surface area contributed by atoms with Crippen molar-refractivity contribution < 1.29 is 14.4 Å². The first-order valence-corrected chi connectivity index (χ1v) is 6.87. The minimum absolute atomic E-state index is 0.0397. The van der Waals surface area contributed by atoms with E-state index in [-0.39, 0.29) is 11.9 Å². The third kappa shape index (κ3) is 13.0. The molecule has 1 unspecified atom stereocenters. The minimum atomic E-state index is -0.154. The molecular formula is C13H28N4O3. The van der Waals surface area contributed by atoms with Crippen LogP contribution in [-0.2, 0) is 14.4 Å². The smallest absolute Gasteiger partial charge is 0.237 e. The first-order valence-electron chi connectivity index (χ1n) is 6.87.